The molecule has 1 aromatic heterocycles. The van der Waals surface area contributed by atoms with E-state index < -0.39 is 5.79 Å². The van der Waals surface area contributed by atoms with Gasteiger partial charge in [0.25, 0.3) is 0 Å². The average molecular weight is 402 g/mol. The zero-order chi connectivity index (χ0) is 19.1. The Morgan fingerprint density at radius 3 is 2.79 bits per heavy atom. The van der Waals surface area contributed by atoms with E-state index in [1.807, 2.05) is 4.90 Å². The van der Waals surface area contributed by atoms with Crippen LogP contribution in [0.3, 0.4) is 0 Å². The highest BCUT2D eigenvalue weighted by molar-refractivity contribution is 7.22. The molecule has 1 unspecified atom stereocenters. The molecule has 7 heteroatoms. The zero-order valence-corrected chi connectivity index (χ0v) is 17.2. The summed E-state index contributed by atoms with van der Waals surface area (Å²) in [5.41, 5.74) is 2.31. The minimum Gasteiger partial charge on any atom is -0.347 e. The Hall–Kier alpha value is -1.70. The first-order valence-electron chi connectivity index (χ1n) is 10.3. The van der Waals surface area contributed by atoms with Crippen LogP contribution >= 0.6 is 11.3 Å². The monoisotopic (exact) mass is 401 g/mol. The van der Waals surface area contributed by atoms with Gasteiger partial charge in [0.2, 0.25) is 5.91 Å². The number of fused-ring (bicyclic) bond motifs is 1. The van der Waals surface area contributed by atoms with Gasteiger partial charge in [-0.3, -0.25) is 4.79 Å². The summed E-state index contributed by atoms with van der Waals surface area (Å²) in [6.45, 7) is 6.67. The third-order valence-corrected chi connectivity index (χ3v) is 7.30. The van der Waals surface area contributed by atoms with E-state index in [4.69, 9.17) is 14.5 Å². The molecule has 3 aliphatic heterocycles. The van der Waals surface area contributed by atoms with Crippen molar-refractivity contribution in [3.8, 4) is 0 Å². The van der Waals surface area contributed by atoms with E-state index in [1.165, 1.54) is 10.3 Å². The molecule has 1 amide bonds. The molecule has 1 spiro atoms. The van der Waals surface area contributed by atoms with Crippen molar-refractivity contribution in [3.05, 3.63) is 23.8 Å². The van der Waals surface area contributed by atoms with E-state index in [-0.39, 0.29) is 11.8 Å². The lowest BCUT2D eigenvalue weighted by molar-refractivity contribution is -0.188. The number of hydrogen-bond acceptors (Lipinski definition) is 6. The average Bonchev–Trinajstić information content (AvgIpc) is 3.35. The van der Waals surface area contributed by atoms with Crippen LogP contribution in [0, 0.1) is 12.8 Å². The van der Waals surface area contributed by atoms with Gasteiger partial charge in [0.05, 0.1) is 29.3 Å². The molecule has 150 valence electrons. The van der Waals surface area contributed by atoms with Crippen LogP contribution in [0.25, 0.3) is 10.2 Å². The second kappa shape index (κ2) is 7.28. The third-order valence-electron chi connectivity index (χ3n) is 6.22. The first-order chi connectivity index (χ1) is 13.6. The van der Waals surface area contributed by atoms with Crippen molar-refractivity contribution < 1.29 is 14.3 Å². The van der Waals surface area contributed by atoms with Crippen LogP contribution in [0.1, 0.15) is 31.2 Å². The topological polar surface area (TPSA) is 54.9 Å². The van der Waals surface area contributed by atoms with Crippen molar-refractivity contribution in [2.45, 2.75) is 38.4 Å². The molecule has 0 aliphatic carbocycles. The summed E-state index contributed by atoms with van der Waals surface area (Å²) in [4.78, 5) is 22.3. The van der Waals surface area contributed by atoms with Crippen molar-refractivity contribution in [3.63, 3.8) is 0 Å². The molecule has 3 saturated heterocycles. The zero-order valence-electron chi connectivity index (χ0n) is 16.4. The predicted molar refractivity (Wildman–Crippen MR) is 110 cm³/mol. The van der Waals surface area contributed by atoms with Crippen LogP contribution in [-0.2, 0) is 14.3 Å². The van der Waals surface area contributed by atoms with E-state index in [0.29, 0.717) is 13.2 Å². The van der Waals surface area contributed by atoms with Crippen LogP contribution in [0.2, 0.25) is 0 Å². The number of nitrogens with zero attached hydrogens (tertiary/aromatic N) is 3. The number of piperidine rings is 2. The van der Waals surface area contributed by atoms with Crippen molar-refractivity contribution in [1.29, 1.82) is 0 Å². The van der Waals surface area contributed by atoms with E-state index >= 15 is 0 Å². The lowest BCUT2D eigenvalue weighted by Gasteiger charge is -2.40. The van der Waals surface area contributed by atoms with Gasteiger partial charge in [0.15, 0.2) is 10.9 Å². The number of likely N-dealkylation sites (tertiary alicyclic amines) is 1. The minimum atomic E-state index is -0.422. The van der Waals surface area contributed by atoms with E-state index in [9.17, 15) is 4.79 Å². The molecule has 3 fully saturated rings. The Bertz CT molecular complexity index is 867. The fraction of sp³-hybridized carbons (Fsp3) is 0.619. The van der Waals surface area contributed by atoms with Crippen molar-refractivity contribution in [2.75, 3.05) is 44.3 Å². The maximum atomic E-state index is 13.2. The standard InChI is InChI=1S/C21H27N3O3S/c1-15-4-5-17-18(13-15)28-20(22-17)24-8-2-3-16(14-24)19(25)23-9-6-21(7-10-23)26-11-12-27-21/h4-5,13,16H,2-3,6-12,14H2,1H3. The largest absolute Gasteiger partial charge is 0.347 e. The fourth-order valence-electron chi connectivity index (χ4n) is 4.62. The Labute approximate surface area is 169 Å². The maximum Gasteiger partial charge on any atom is 0.227 e. The smallest absolute Gasteiger partial charge is 0.227 e. The number of benzene rings is 1. The van der Waals surface area contributed by atoms with Gasteiger partial charge in [-0.25, -0.2) is 4.98 Å². The summed E-state index contributed by atoms with van der Waals surface area (Å²) in [6.07, 6.45) is 3.57. The number of carbonyl (C=O) groups is 1. The van der Waals surface area contributed by atoms with Gasteiger partial charge >= 0.3 is 0 Å². The van der Waals surface area contributed by atoms with Crippen molar-refractivity contribution >= 4 is 32.6 Å². The number of thiazole rings is 1. The lowest BCUT2D eigenvalue weighted by atomic mass is 9.95. The van der Waals surface area contributed by atoms with Gasteiger partial charge < -0.3 is 19.3 Å². The summed E-state index contributed by atoms with van der Waals surface area (Å²) >= 11 is 1.74. The molecule has 2 aromatic rings. The van der Waals surface area contributed by atoms with Crippen LogP contribution in [0.4, 0.5) is 5.13 Å². The number of aryl methyl sites for hydroxylation is 1. The molecule has 6 nitrogen and oxygen atoms in total. The molecule has 5 rings (SSSR count). The van der Waals surface area contributed by atoms with Crippen LogP contribution in [0.5, 0.6) is 0 Å². The second-order valence-electron chi connectivity index (χ2n) is 8.19. The summed E-state index contributed by atoms with van der Waals surface area (Å²) in [6, 6.07) is 6.39. The first kappa shape index (κ1) is 18.3. The van der Waals surface area contributed by atoms with Gasteiger partial charge in [0.1, 0.15) is 0 Å². The van der Waals surface area contributed by atoms with Crippen LogP contribution in [0.15, 0.2) is 18.2 Å². The maximum absolute atomic E-state index is 13.2. The molecular formula is C21H27N3O3S. The van der Waals surface area contributed by atoms with E-state index in [1.54, 1.807) is 11.3 Å². The normalized spacial score (nSPS) is 25.0. The highest BCUT2D eigenvalue weighted by atomic mass is 32.1. The lowest BCUT2D eigenvalue weighted by Crippen LogP contribution is -2.51. The molecule has 4 heterocycles. The Kier molecular flexibility index (Phi) is 4.77. The summed E-state index contributed by atoms with van der Waals surface area (Å²) in [5, 5.41) is 1.04. The third kappa shape index (κ3) is 3.40. The van der Waals surface area contributed by atoms with Crippen molar-refractivity contribution in [2.24, 2.45) is 5.92 Å². The summed E-state index contributed by atoms with van der Waals surface area (Å²) < 4.78 is 12.8. The van der Waals surface area contributed by atoms with E-state index in [2.05, 4.69) is 30.0 Å². The number of aromatic nitrogens is 1. The van der Waals surface area contributed by atoms with Gasteiger partial charge in [-0.05, 0) is 37.5 Å². The summed E-state index contributed by atoms with van der Waals surface area (Å²) in [5.74, 6) is -0.0782. The quantitative estimate of drug-likeness (QED) is 0.774. The van der Waals surface area contributed by atoms with Gasteiger partial charge in [-0.1, -0.05) is 17.4 Å². The Morgan fingerprint density at radius 2 is 2.00 bits per heavy atom. The number of amides is 1. The molecular weight excluding hydrogens is 374 g/mol. The predicted octanol–water partition coefficient (Wildman–Crippen LogP) is 3.19. The highest BCUT2D eigenvalue weighted by Crippen LogP contribution is 2.34. The van der Waals surface area contributed by atoms with Crippen LogP contribution < -0.4 is 4.90 Å². The van der Waals surface area contributed by atoms with Crippen LogP contribution in [-0.4, -0.2) is 61.0 Å². The Morgan fingerprint density at radius 1 is 1.21 bits per heavy atom. The number of carbonyl (C=O) groups excluding carboxylic acids is 1. The van der Waals surface area contributed by atoms with Gasteiger partial charge in [-0.2, -0.15) is 0 Å². The van der Waals surface area contributed by atoms with Crippen molar-refractivity contribution in [1.82, 2.24) is 9.88 Å². The number of anilines is 1. The Balaban J connectivity index is 1.25. The second-order valence-corrected chi connectivity index (χ2v) is 9.19. The molecule has 0 bridgehead atoms. The van der Waals surface area contributed by atoms with Gasteiger partial charge in [0, 0.05) is 39.0 Å². The highest BCUT2D eigenvalue weighted by Gasteiger charge is 2.42. The molecule has 1 atom stereocenters. The molecule has 0 radical (unpaired) electrons. The van der Waals surface area contributed by atoms with Gasteiger partial charge in [-0.15, -0.1) is 0 Å². The number of ether oxygens (including phenoxy) is 2. The summed E-state index contributed by atoms with van der Waals surface area (Å²) in [7, 11) is 0. The molecule has 1 aromatic carbocycles. The minimum absolute atomic E-state index is 0.0574. The molecule has 0 N–H and O–H groups in total. The fourth-order valence-corrected chi connectivity index (χ4v) is 5.72. The SMILES string of the molecule is Cc1ccc2nc(N3CCCC(C(=O)N4CCC5(CC4)OCCO5)C3)sc2c1. The molecule has 28 heavy (non-hydrogen) atoms. The molecule has 0 saturated carbocycles. The van der Waals surface area contributed by atoms with E-state index in [0.717, 1.165) is 62.5 Å². The first-order valence-corrected chi connectivity index (χ1v) is 11.1. The number of hydrogen-bond donors (Lipinski definition) is 0. The molecule has 3 aliphatic rings. The number of rotatable bonds is 2.